The fourth-order valence-corrected chi connectivity index (χ4v) is 5.25. The summed E-state index contributed by atoms with van der Waals surface area (Å²) in [6.45, 7) is 3.75. The molecule has 2 aromatic heterocycles. The van der Waals surface area contributed by atoms with E-state index in [1.54, 1.807) is 7.11 Å². The number of benzene rings is 2. The van der Waals surface area contributed by atoms with E-state index < -0.39 is 0 Å². The van der Waals surface area contributed by atoms with Gasteiger partial charge in [-0.05, 0) is 64.9 Å². The van der Waals surface area contributed by atoms with Crippen molar-refractivity contribution in [1.82, 2.24) is 30.1 Å². The highest BCUT2D eigenvalue weighted by Gasteiger charge is 2.22. The van der Waals surface area contributed by atoms with Crippen molar-refractivity contribution in [1.29, 1.82) is 0 Å². The van der Waals surface area contributed by atoms with Crippen LogP contribution in [0.25, 0.3) is 10.9 Å². The number of methoxy groups -OCH3 is 1. The number of ether oxygens (including phenoxy) is 1. The van der Waals surface area contributed by atoms with E-state index in [1.165, 1.54) is 24.8 Å². The molecule has 0 bridgehead atoms. The van der Waals surface area contributed by atoms with Crippen LogP contribution in [-0.2, 0) is 26.1 Å². The third-order valence-corrected chi connectivity index (χ3v) is 7.22. The molecule has 2 aromatic carbocycles. The van der Waals surface area contributed by atoms with Crippen LogP contribution in [0.3, 0.4) is 0 Å². The number of aryl methyl sites for hydroxylation is 1. The van der Waals surface area contributed by atoms with Crippen molar-refractivity contribution in [3.8, 4) is 5.75 Å². The van der Waals surface area contributed by atoms with Crippen molar-refractivity contribution < 1.29 is 4.74 Å². The molecule has 1 saturated carbocycles. The van der Waals surface area contributed by atoms with Crippen LogP contribution in [-0.4, -0.2) is 37.2 Å². The Balaban J connectivity index is 1.47. The number of H-pyrrole nitrogens is 1. The van der Waals surface area contributed by atoms with Gasteiger partial charge in [0.15, 0.2) is 5.82 Å². The van der Waals surface area contributed by atoms with Crippen LogP contribution >= 0.6 is 0 Å². The Labute approximate surface area is 211 Å². The van der Waals surface area contributed by atoms with E-state index in [0.717, 1.165) is 52.9 Å². The monoisotopic (exact) mass is 486 g/mol. The summed E-state index contributed by atoms with van der Waals surface area (Å²) in [5, 5.41) is 13.8. The number of rotatable bonds is 9. The highest BCUT2D eigenvalue weighted by Crippen LogP contribution is 2.29. The molecule has 36 heavy (non-hydrogen) atoms. The Bertz CT molecular complexity index is 1370. The molecular weight excluding hydrogens is 452 g/mol. The second kappa shape index (κ2) is 11.0. The maximum Gasteiger partial charge on any atom is 0.252 e. The van der Waals surface area contributed by atoms with Crippen LogP contribution in [0.5, 0.6) is 5.75 Å². The van der Waals surface area contributed by atoms with Crippen molar-refractivity contribution in [2.24, 2.45) is 0 Å². The highest BCUT2D eigenvalue weighted by molar-refractivity contribution is 5.79. The lowest BCUT2D eigenvalue weighted by Gasteiger charge is -2.26. The van der Waals surface area contributed by atoms with Gasteiger partial charge in [0.05, 0.1) is 19.7 Å². The molecule has 0 aliphatic heterocycles. The minimum atomic E-state index is -0.0661. The average molecular weight is 487 g/mol. The predicted octanol–water partition coefficient (Wildman–Crippen LogP) is 4.79. The van der Waals surface area contributed by atoms with Gasteiger partial charge >= 0.3 is 0 Å². The van der Waals surface area contributed by atoms with E-state index in [4.69, 9.17) is 4.74 Å². The van der Waals surface area contributed by atoms with E-state index in [-0.39, 0.29) is 5.56 Å². The van der Waals surface area contributed by atoms with Crippen LogP contribution in [0.15, 0.2) is 53.3 Å². The van der Waals surface area contributed by atoms with Gasteiger partial charge in [0.1, 0.15) is 5.75 Å². The molecule has 0 saturated heterocycles. The zero-order valence-electron chi connectivity index (χ0n) is 21.1. The smallest absolute Gasteiger partial charge is 0.252 e. The molecule has 8 heteroatoms. The number of fused-ring (bicyclic) bond motifs is 1. The van der Waals surface area contributed by atoms with E-state index in [2.05, 4.69) is 50.5 Å². The minimum absolute atomic E-state index is 0.0661. The van der Waals surface area contributed by atoms with Gasteiger partial charge in [0, 0.05) is 29.7 Å². The summed E-state index contributed by atoms with van der Waals surface area (Å²) >= 11 is 0. The zero-order chi connectivity index (χ0) is 24.9. The summed E-state index contributed by atoms with van der Waals surface area (Å²) in [6, 6.07) is 16.6. The van der Waals surface area contributed by atoms with Gasteiger partial charge in [-0.2, -0.15) is 0 Å². The summed E-state index contributed by atoms with van der Waals surface area (Å²) in [5.74, 6) is 1.66. The van der Waals surface area contributed by atoms with Gasteiger partial charge in [-0.15, -0.1) is 5.10 Å². The first-order valence-electron chi connectivity index (χ1n) is 12.9. The quantitative estimate of drug-likeness (QED) is 0.366. The number of para-hydroxylation sites is 1. The van der Waals surface area contributed by atoms with Crippen molar-refractivity contribution >= 4 is 10.9 Å². The topological polar surface area (TPSA) is 88.9 Å². The lowest BCUT2D eigenvalue weighted by Crippen LogP contribution is -2.29. The molecule has 188 valence electrons. The predicted molar refractivity (Wildman–Crippen MR) is 140 cm³/mol. The Kier molecular flexibility index (Phi) is 7.41. The van der Waals surface area contributed by atoms with E-state index >= 15 is 0 Å². The number of hydrogen-bond acceptors (Lipinski definition) is 6. The first-order chi connectivity index (χ1) is 17.6. The van der Waals surface area contributed by atoms with Crippen LogP contribution in [0.4, 0.5) is 0 Å². The molecule has 2 heterocycles. The molecule has 0 amide bonds. The Hall–Kier alpha value is -3.52. The lowest BCUT2D eigenvalue weighted by molar-refractivity contribution is 0.222. The van der Waals surface area contributed by atoms with E-state index in [9.17, 15) is 4.79 Å². The molecule has 0 spiro atoms. The second-order valence-corrected chi connectivity index (χ2v) is 9.69. The van der Waals surface area contributed by atoms with Crippen LogP contribution in [0, 0.1) is 0 Å². The molecule has 0 radical (unpaired) electrons. The largest absolute Gasteiger partial charge is 0.496 e. The van der Waals surface area contributed by atoms with Gasteiger partial charge in [0.25, 0.3) is 5.56 Å². The molecule has 1 fully saturated rings. The lowest BCUT2D eigenvalue weighted by atomic mass is 9.95. The highest BCUT2D eigenvalue weighted by atomic mass is 16.5. The van der Waals surface area contributed by atoms with Crippen LogP contribution in [0.1, 0.15) is 67.6 Å². The third-order valence-electron chi connectivity index (χ3n) is 7.22. The Morgan fingerprint density at radius 2 is 1.83 bits per heavy atom. The van der Waals surface area contributed by atoms with Crippen molar-refractivity contribution in [3.05, 3.63) is 81.4 Å². The zero-order valence-corrected chi connectivity index (χ0v) is 21.1. The number of aromatic nitrogens is 5. The normalized spacial score (nSPS) is 14.5. The number of tetrazole rings is 1. The molecule has 1 N–H and O–H groups in total. The molecule has 4 aromatic rings. The molecule has 1 aliphatic rings. The average Bonchev–Trinajstić information content (AvgIpc) is 3.37. The van der Waals surface area contributed by atoms with E-state index in [0.29, 0.717) is 25.7 Å². The van der Waals surface area contributed by atoms with Crippen LogP contribution < -0.4 is 10.3 Å². The standard InChI is InChI=1S/C28H34N6O2/c1-3-20-13-14-25-22(15-20)16-23(28(35)29-25)18-33(17-21-9-7-8-12-26(21)36-2)19-27-30-31-32-34(27)24-10-5-4-6-11-24/h7-9,12-16,24H,3-6,10-11,17-19H2,1-2H3,(H,29,35). The summed E-state index contributed by atoms with van der Waals surface area (Å²) in [5.41, 5.74) is 3.82. The van der Waals surface area contributed by atoms with Gasteiger partial charge in [-0.3, -0.25) is 9.69 Å². The first-order valence-corrected chi connectivity index (χ1v) is 12.9. The van der Waals surface area contributed by atoms with Crippen molar-refractivity contribution in [3.63, 3.8) is 0 Å². The van der Waals surface area contributed by atoms with Gasteiger partial charge < -0.3 is 9.72 Å². The summed E-state index contributed by atoms with van der Waals surface area (Å²) < 4.78 is 7.62. The van der Waals surface area contributed by atoms with Crippen LogP contribution in [0.2, 0.25) is 0 Å². The Morgan fingerprint density at radius 3 is 2.64 bits per heavy atom. The number of aromatic amines is 1. The summed E-state index contributed by atoms with van der Waals surface area (Å²) in [7, 11) is 1.69. The Morgan fingerprint density at radius 1 is 1.03 bits per heavy atom. The summed E-state index contributed by atoms with van der Waals surface area (Å²) in [4.78, 5) is 18.4. The fourth-order valence-electron chi connectivity index (χ4n) is 5.25. The molecule has 8 nitrogen and oxygen atoms in total. The van der Waals surface area contributed by atoms with E-state index in [1.807, 2.05) is 35.0 Å². The number of hydrogen-bond donors (Lipinski definition) is 1. The van der Waals surface area contributed by atoms with Gasteiger partial charge in [0.2, 0.25) is 0 Å². The number of nitrogens with one attached hydrogen (secondary N) is 1. The fraction of sp³-hybridized carbons (Fsp3) is 0.429. The molecule has 5 rings (SSSR count). The summed E-state index contributed by atoms with van der Waals surface area (Å²) in [6.07, 6.45) is 6.86. The maximum atomic E-state index is 13.1. The van der Waals surface area contributed by atoms with Crippen molar-refractivity contribution in [2.75, 3.05) is 7.11 Å². The molecule has 0 atom stereocenters. The van der Waals surface area contributed by atoms with Gasteiger partial charge in [-0.1, -0.05) is 50.5 Å². The molecule has 0 unspecified atom stereocenters. The first kappa shape index (κ1) is 24.2. The van der Waals surface area contributed by atoms with Crippen molar-refractivity contribution in [2.45, 2.75) is 71.1 Å². The number of nitrogens with zero attached hydrogens (tertiary/aromatic N) is 5. The second-order valence-electron chi connectivity index (χ2n) is 9.69. The maximum absolute atomic E-state index is 13.1. The molecule has 1 aliphatic carbocycles. The number of pyridine rings is 1. The molecular formula is C28H34N6O2. The van der Waals surface area contributed by atoms with Gasteiger partial charge in [-0.25, -0.2) is 4.68 Å². The SMILES string of the molecule is CCc1ccc2[nH]c(=O)c(CN(Cc3ccccc3OC)Cc3nnnn3C3CCCCC3)cc2c1. The minimum Gasteiger partial charge on any atom is -0.496 e. The third kappa shape index (κ3) is 5.33.